The number of aliphatic carboxylic acids is 1. The molecule has 3 N–H and O–H groups in total. The van der Waals surface area contributed by atoms with Crippen molar-refractivity contribution in [2.75, 3.05) is 36.1 Å². The third-order valence-corrected chi connectivity index (χ3v) is 9.03. The number of carbonyl (C=O) groups excluding carboxylic acids is 2. The standard InChI is InChI=1S/C19H31N3O5S3/c1-18(2)7-8-19(3,4)14-30(27,13-18)22-17(26)21-10-12-29-28-11-9-20-15(23)5-6-16(24)25/h5-6,9-14H2,1-4H3,(H,20,23)(H,21,26)(H,24,25). The summed E-state index contributed by atoms with van der Waals surface area (Å²) in [5.74, 6) is 6.89. The van der Waals surface area contributed by atoms with E-state index in [9.17, 15) is 18.6 Å². The van der Waals surface area contributed by atoms with Gasteiger partial charge in [-0.3, -0.25) is 9.59 Å². The molecule has 0 saturated carbocycles. The highest BCUT2D eigenvalue weighted by Gasteiger charge is 2.32. The number of nitrogens with zero attached hydrogens (tertiary/aromatic N) is 1. The summed E-state index contributed by atoms with van der Waals surface area (Å²) in [5.41, 5.74) is -0.908. The van der Waals surface area contributed by atoms with E-state index in [-0.39, 0.29) is 30.3 Å². The highest BCUT2D eigenvalue weighted by molar-refractivity contribution is 8.76. The van der Waals surface area contributed by atoms with E-state index in [0.29, 0.717) is 24.6 Å². The van der Waals surface area contributed by atoms with Crippen molar-refractivity contribution >= 4 is 49.2 Å². The molecule has 0 aromatic carbocycles. The van der Waals surface area contributed by atoms with Gasteiger partial charge in [0.1, 0.15) is 0 Å². The molecule has 1 rings (SSSR count). The molecule has 0 bridgehead atoms. The van der Waals surface area contributed by atoms with Crippen LogP contribution in [0.5, 0.6) is 0 Å². The maximum absolute atomic E-state index is 13.2. The second kappa shape index (κ2) is 11.9. The summed E-state index contributed by atoms with van der Waals surface area (Å²) in [6.45, 7) is 8.50. The lowest BCUT2D eigenvalue weighted by molar-refractivity contribution is -0.138. The number of carboxylic acid groups (broad SMARTS) is 1. The Labute approximate surface area is 187 Å². The number of carbonyl (C=O) groups is 3. The minimum Gasteiger partial charge on any atom is -0.481 e. The second-order valence-corrected chi connectivity index (χ2v) is 13.3. The number of amides is 3. The van der Waals surface area contributed by atoms with E-state index >= 15 is 0 Å². The van der Waals surface area contributed by atoms with Gasteiger partial charge in [0.25, 0.3) is 0 Å². The first-order chi connectivity index (χ1) is 13.8. The summed E-state index contributed by atoms with van der Waals surface area (Å²) in [4.78, 5) is 33.9. The summed E-state index contributed by atoms with van der Waals surface area (Å²) < 4.78 is 17.2. The van der Waals surface area contributed by atoms with Crippen LogP contribution in [0.1, 0.15) is 40.5 Å². The summed E-state index contributed by atoms with van der Waals surface area (Å²) in [6, 6.07) is -0.565. The monoisotopic (exact) mass is 477 g/mol. The predicted octanol–water partition coefficient (Wildman–Crippen LogP) is 2.60. The number of nitrogens with one attached hydrogen (secondary N) is 2. The quantitative estimate of drug-likeness (QED) is 0.251. The maximum Gasteiger partial charge on any atom is 0.349 e. The lowest BCUT2D eigenvalue weighted by atomic mass is 9.92. The number of urea groups is 1. The van der Waals surface area contributed by atoms with Crippen LogP contribution in [0.15, 0.2) is 4.36 Å². The van der Waals surface area contributed by atoms with Crippen molar-refractivity contribution in [3.05, 3.63) is 0 Å². The van der Waals surface area contributed by atoms with Crippen molar-refractivity contribution in [2.24, 2.45) is 15.2 Å². The Kier molecular flexibility index (Phi) is 10.5. The third-order valence-electron chi connectivity index (χ3n) is 3.78. The highest BCUT2D eigenvalue weighted by Crippen LogP contribution is 2.28. The Bertz CT molecular complexity index is 793. The maximum atomic E-state index is 13.2. The molecule has 30 heavy (non-hydrogen) atoms. The molecule has 0 radical (unpaired) electrons. The van der Waals surface area contributed by atoms with Crippen LogP contribution < -0.4 is 10.6 Å². The zero-order valence-corrected chi connectivity index (χ0v) is 20.4. The fraction of sp³-hybridized carbons (Fsp3) is 0.737. The fourth-order valence-electron chi connectivity index (χ4n) is 2.70. The zero-order chi connectivity index (χ0) is 22.8. The minimum absolute atomic E-state index is 0.0215. The van der Waals surface area contributed by atoms with E-state index in [1.165, 1.54) is 21.6 Å². The topological polar surface area (TPSA) is 125 Å². The van der Waals surface area contributed by atoms with Gasteiger partial charge in [0.05, 0.1) is 16.1 Å². The molecule has 8 nitrogen and oxygen atoms in total. The van der Waals surface area contributed by atoms with Crippen LogP contribution in [-0.4, -0.2) is 63.3 Å². The number of hydrogen-bond donors (Lipinski definition) is 3. The molecule has 0 aliphatic carbocycles. The van der Waals surface area contributed by atoms with Gasteiger partial charge in [-0.25, -0.2) is 9.00 Å². The number of hydrogen-bond acceptors (Lipinski definition) is 6. The average Bonchev–Trinajstić information content (AvgIpc) is 2.67. The van der Waals surface area contributed by atoms with Crippen molar-refractivity contribution < 1.29 is 23.7 Å². The van der Waals surface area contributed by atoms with Crippen molar-refractivity contribution in [2.45, 2.75) is 40.5 Å². The van der Waals surface area contributed by atoms with E-state index in [1.807, 2.05) is 27.7 Å². The van der Waals surface area contributed by atoms with Gasteiger partial charge in [-0.1, -0.05) is 33.4 Å². The summed E-state index contributed by atoms with van der Waals surface area (Å²) in [6.07, 6.45) is -0.195. The number of carboxylic acids is 1. The molecular formula is C19H31N3O5S3. The molecule has 3 amide bonds. The average molecular weight is 478 g/mol. The van der Waals surface area contributed by atoms with Gasteiger partial charge in [-0.05, 0) is 27.7 Å². The Morgan fingerprint density at radius 3 is 1.97 bits per heavy atom. The molecule has 0 unspecified atom stereocenters. The summed E-state index contributed by atoms with van der Waals surface area (Å²) >= 11 is 0. The van der Waals surface area contributed by atoms with Gasteiger partial charge < -0.3 is 15.7 Å². The smallest absolute Gasteiger partial charge is 0.349 e. The van der Waals surface area contributed by atoms with E-state index in [0.717, 1.165) is 0 Å². The first kappa shape index (κ1) is 26.7. The van der Waals surface area contributed by atoms with Crippen LogP contribution in [0, 0.1) is 22.7 Å². The van der Waals surface area contributed by atoms with Gasteiger partial charge >= 0.3 is 12.0 Å². The van der Waals surface area contributed by atoms with E-state index < -0.39 is 32.6 Å². The molecule has 1 aliphatic heterocycles. The molecule has 0 fully saturated rings. The van der Waals surface area contributed by atoms with Gasteiger partial charge in [0.15, 0.2) is 0 Å². The summed E-state index contributed by atoms with van der Waals surface area (Å²) in [5, 5.41) is 13.8. The van der Waals surface area contributed by atoms with Crippen LogP contribution in [-0.2, 0) is 19.3 Å². The molecule has 1 heterocycles. The third kappa shape index (κ3) is 11.7. The van der Waals surface area contributed by atoms with Crippen LogP contribution >= 0.6 is 21.6 Å². The first-order valence-corrected chi connectivity index (χ1v) is 13.9. The fourth-order valence-corrected chi connectivity index (χ4v) is 7.51. The van der Waals surface area contributed by atoms with E-state index in [4.69, 9.17) is 5.11 Å². The first-order valence-electron chi connectivity index (χ1n) is 9.60. The van der Waals surface area contributed by atoms with Gasteiger partial charge in [0, 0.05) is 53.4 Å². The SMILES string of the molecule is CC1(C)C#CC(C)(C)CS(=O)(=NC(=O)NCCSSCCNC(=O)CCC(=O)O)C1. The lowest BCUT2D eigenvalue weighted by Gasteiger charge is -2.21. The predicted molar refractivity (Wildman–Crippen MR) is 124 cm³/mol. The van der Waals surface area contributed by atoms with Gasteiger partial charge in [-0.2, -0.15) is 0 Å². The molecule has 1 aliphatic rings. The van der Waals surface area contributed by atoms with Crippen LogP contribution in [0.4, 0.5) is 4.79 Å². The van der Waals surface area contributed by atoms with Crippen molar-refractivity contribution in [3.8, 4) is 11.8 Å². The molecule has 0 aromatic rings. The Hall–Kier alpha value is -1.38. The van der Waals surface area contributed by atoms with Crippen LogP contribution in [0.2, 0.25) is 0 Å². The van der Waals surface area contributed by atoms with Gasteiger partial charge in [-0.15, -0.1) is 4.36 Å². The molecular weight excluding hydrogens is 446 g/mol. The molecule has 0 spiro atoms. The molecule has 170 valence electrons. The molecule has 0 atom stereocenters. The number of rotatable bonds is 10. The molecule has 11 heteroatoms. The van der Waals surface area contributed by atoms with E-state index in [1.54, 1.807) is 0 Å². The Morgan fingerprint density at radius 1 is 0.967 bits per heavy atom. The Balaban J connectivity index is 2.29. The van der Waals surface area contributed by atoms with Crippen molar-refractivity contribution in [3.63, 3.8) is 0 Å². The van der Waals surface area contributed by atoms with Crippen LogP contribution in [0.25, 0.3) is 0 Å². The molecule has 0 aromatic heterocycles. The normalized spacial score (nSPS) is 18.3. The summed E-state index contributed by atoms with van der Waals surface area (Å²) in [7, 11) is 0.361. The lowest BCUT2D eigenvalue weighted by Crippen LogP contribution is -2.30. The highest BCUT2D eigenvalue weighted by atomic mass is 33.1. The molecule has 0 saturated heterocycles. The van der Waals surface area contributed by atoms with Crippen LogP contribution in [0.3, 0.4) is 0 Å². The van der Waals surface area contributed by atoms with Crippen molar-refractivity contribution in [1.29, 1.82) is 0 Å². The van der Waals surface area contributed by atoms with E-state index in [2.05, 4.69) is 26.8 Å². The Morgan fingerprint density at radius 2 is 1.47 bits per heavy atom. The largest absolute Gasteiger partial charge is 0.481 e. The van der Waals surface area contributed by atoms with Gasteiger partial charge in [0.2, 0.25) is 5.91 Å². The minimum atomic E-state index is -2.72. The van der Waals surface area contributed by atoms with Crippen molar-refractivity contribution in [1.82, 2.24) is 10.6 Å². The zero-order valence-electron chi connectivity index (χ0n) is 17.9. The second-order valence-electron chi connectivity index (χ2n) is 8.29.